The first-order valence-corrected chi connectivity index (χ1v) is 25.0. The average molecular weight is 795 g/mol. The first-order valence-electron chi connectivity index (χ1n) is 25.0. The Hall–Kier alpha value is -2.88. The summed E-state index contributed by atoms with van der Waals surface area (Å²) in [6.07, 6.45) is 31.1. The van der Waals surface area contributed by atoms with Crippen molar-refractivity contribution in [2.45, 2.75) is 222 Å². The summed E-state index contributed by atoms with van der Waals surface area (Å²) in [5, 5.41) is 0. The van der Waals surface area contributed by atoms with Gasteiger partial charge in [0.05, 0.1) is 0 Å². The zero-order valence-electron chi connectivity index (χ0n) is 39.9. The molecule has 1 aliphatic rings. The maximum absolute atomic E-state index is 13.0. The van der Waals surface area contributed by atoms with Gasteiger partial charge in [-0.3, -0.25) is 0 Å². The van der Waals surface area contributed by atoms with E-state index in [0.717, 1.165) is 88.7 Å². The summed E-state index contributed by atoms with van der Waals surface area (Å²) in [5.74, 6) is 0. The molecule has 0 bridgehead atoms. The summed E-state index contributed by atoms with van der Waals surface area (Å²) in [7, 11) is 4.59. The number of unbranched alkanes of at least 4 members (excludes halogenated alkanes) is 14. The minimum absolute atomic E-state index is 0.997. The topological polar surface area (TPSA) is 31.8 Å². The Morgan fingerprint density at radius 3 is 0.897 bits per heavy atom. The number of nitrogens with zero attached hydrogens (tertiary/aromatic N) is 4. The Bertz CT molecular complexity index is 1400. The molecule has 2 aromatic rings. The van der Waals surface area contributed by atoms with E-state index >= 15 is 0 Å². The third kappa shape index (κ3) is 14.1. The summed E-state index contributed by atoms with van der Waals surface area (Å²) in [4.78, 5) is 5.00. The van der Waals surface area contributed by atoms with Crippen LogP contribution in [0.3, 0.4) is 0 Å². The van der Waals surface area contributed by atoms with Crippen molar-refractivity contribution in [2.24, 2.45) is 0 Å². The summed E-state index contributed by atoms with van der Waals surface area (Å²) in [5.41, 5.74) is 29.1. The van der Waals surface area contributed by atoms with Crippen LogP contribution in [0, 0.1) is 0 Å². The highest BCUT2D eigenvalue weighted by Crippen LogP contribution is 2.47. The number of hydrogen-bond donors (Lipinski definition) is 0. The fourth-order valence-electron chi connectivity index (χ4n) is 9.31. The van der Waals surface area contributed by atoms with Crippen LogP contribution in [0.4, 0.5) is 11.4 Å². The molecule has 0 amide bonds. The molecule has 2 aromatic carbocycles. The predicted octanol–water partition coefficient (Wildman–Crippen LogP) is 16.6. The van der Waals surface area contributed by atoms with Crippen molar-refractivity contribution in [3.63, 3.8) is 0 Å². The monoisotopic (exact) mass is 795 g/mol. The van der Waals surface area contributed by atoms with E-state index in [1.807, 2.05) is 0 Å². The second-order valence-electron chi connectivity index (χ2n) is 17.7. The van der Waals surface area contributed by atoms with Crippen molar-refractivity contribution in [3.8, 4) is 0 Å². The number of rotatable bonds is 32. The van der Waals surface area contributed by atoms with Gasteiger partial charge in [0.25, 0.3) is 0 Å². The maximum atomic E-state index is 13.0. The van der Waals surface area contributed by atoms with E-state index in [0.29, 0.717) is 0 Å². The normalized spacial score (nSPS) is 13.1. The van der Waals surface area contributed by atoms with E-state index in [1.54, 1.807) is 4.70 Å². The molecule has 0 fully saturated rings. The molecule has 0 unspecified atom stereocenters. The Morgan fingerprint density at radius 2 is 0.655 bits per heavy atom. The second-order valence-corrected chi connectivity index (χ2v) is 17.7. The number of allylic oxidation sites excluding steroid dienone is 2. The largest absolute Gasteiger partial charge is 0.493 e. The zero-order chi connectivity index (χ0) is 42.3. The van der Waals surface area contributed by atoms with E-state index in [-0.39, 0.29) is 0 Å². The minimum atomic E-state index is 0.997. The molecule has 1 aliphatic heterocycles. The van der Waals surface area contributed by atoms with Gasteiger partial charge < -0.3 is 15.3 Å². The lowest BCUT2D eigenvalue weighted by Crippen LogP contribution is -2.20. The molecule has 4 nitrogen and oxygen atoms in total. The van der Waals surface area contributed by atoms with Gasteiger partial charge in [-0.1, -0.05) is 131 Å². The number of aryl methyl sites for hydroxylation is 4. The number of hydrogen-bond acceptors (Lipinski definition) is 2. The molecule has 0 spiro atoms. The molecule has 326 valence electrons. The quantitative estimate of drug-likeness (QED) is 0.0546. The lowest BCUT2D eigenvalue weighted by Gasteiger charge is -2.26. The molecule has 0 aliphatic carbocycles. The van der Waals surface area contributed by atoms with Crippen molar-refractivity contribution in [1.82, 2.24) is 0 Å². The van der Waals surface area contributed by atoms with Crippen LogP contribution in [0.15, 0.2) is 35.4 Å². The van der Waals surface area contributed by atoms with Crippen LogP contribution >= 0.6 is 0 Å². The molecule has 0 saturated heterocycles. The highest BCUT2D eigenvalue weighted by molar-refractivity contribution is 5.84. The van der Waals surface area contributed by atoms with Gasteiger partial charge in [-0.15, -0.1) is 0 Å². The molecule has 0 aromatic heterocycles. The van der Waals surface area contributed by atoms with Crippen LogP contribution < -0.4 is 9.80 Å². The van der Waals surface area contributed by atoms with Gasteiger partial charge >= 0.3 is 0 Å². The number of benzene rings is 2. The third-order valence-electron chi connectivity index (χ3n) is 12.9. The van der Waals surface area contributed by atoms with Crippen LogP contribution in [-0.4, -0.2) is 31.9 Å². The van der Waals surface area contributed by atoms with E-state index in [1.165, 1.54) is 159 Å². The van der Waals surface area contributed by atoms with Gasteiger partial charge in [0, 0.05) is 60.8 Å². The fraction of sp³-hybridized carbons (Fsp3) is 0.704. The smallest absolute Gasteiger partial charge is 0.211 e. The Balaban J connectivity index is 2.36. The fourth-order valence-corrected chi connectivity index (χ4v) is 9.31. The van der Waals surface area contributed by atoms with Gasteiger partial charge in [0.2, 0.25) is 11.4 Å². The highest BCUT2D eigenvalue weighted by Gasteiger charge is 2.36. The Labute approximate surface area is 359 Å². The summed E-state index contributed by atoms with van der Waals surface area (Å²) < 4.78 is 1.70. The summed E-state index contributed by atoms with van der Waals surface area (Å²) >= 11 is 0. The second kappa shape index (κ2) is 27.8. The average Bonchev–Trinajstić information content (AvgIpc) is 3.51. The summed E-state index contributed by atoms with van der Waals surface area (Å²) in [6, 6.07) is 10.0. The molecule has 58 heavy (non-hydrogen) atoms. The van der Waals surface area contributed by atoms with Gasteiger partial charge in [0.15, 0.2) is 0 Å². The highest BCUT2D eigenvalue weighted by atomic mass is 15.2. The Morgan fingerprint density at radius 1 is 0.379 bits per heavy atom. The van der Waals surface area contributed by atoms with Gasteiger partial charge in [-0.05, 0) is 137 Å². The molecule has 0 N–H and O–H groups in total. The van der Waals surface area contributed by atoms with Crippen molar-refractivity contribution in [3.05, 3.63) is 74.3 Å². The first kappa shape index (κ1) is 49.5. The molecule has 1 heterocycles. The standard InChI is InChI=1S/C54H90N4/c1-11-19-25-29-33-43-39-47(40-44(34-30-26-20-12-2)51(43)56(9)17-7)53-49(37-23-15-5)50(38-24-16-6)54(58(53)55)48-41-45(35-31-27-21-13-3)52(57(10)18-8)46(42-48)36-32-28-22-14-4/h39-42H,11-38H2,1-10H3. The van der Waals surface area contributed by atoms with Crippen LogP contribution in [-0.2, 0) is 25.7 Å². The van der Waals surface area contributed by atoms with E-state index in [2.05, 4.69) is 104 Å². The minimum Gasteiger partial charge on any atom is -0.493 e. The molecular weight excluding hydrogens is 705 g/mol. The molecule has 0 atom stereocenters. The van der Waals surface area contributed by atoms with E-state index < -0.39 is 0 Å². The maximum Gasteiger partial charge on any atom is 0.211 e. The van der Waals surface area contributed by atoms with Crippen molar-refractivity contribution in [2.75, 3.05) is 37.0 Å². The van der Waals surface area contributed by atoms with Gasteiger partial charge in [-0.2, -0.15) is 0 Å². The third-order valence-corrected chi connectivity index (χ3v) is 12.9. The van der Waals surface area contributed by atoms with Crippen molar-refractivity contribution < 1.29 is 4.70 Å². The van der Waals surface area contributed by atoms with Crippen LogP contribution in [0.2, 0.25) is 0 Å². The lowest BCUT2D eigenvalue weighted by molar-refractivity contribution is -0.345. The molecule has 4 heteroatoms. The van der Waals surface area contributed by atoms with Gasteiger partial charge in [-0.25, -0.2) is 4.70 Å². The zero-order valence-corrected chi connectivity index (χ0v) is 39.9. The van der Waals surface area contributed by atoms with Crippen LogP contribution in [0.1, 0.15) is 230 Å². The van der Waals surface area contributed by atoms with E-state index in [9.17, 15) is 5.53 Å². The Kier molecular flexibility index (Phi) is 23.7. The van der Waals surface area contributed by atoms with E-state index in [4.69, 9.17) is 0 Å². The van der Waals surface area contributed by atoms with Crippen LogP contribution in [0.5, 0.6) is 0 Å². The molecule has 3 rings (SSSR count). The SMILES string of the molecule is CCCCCCc1cc(C2=C(CCCC)C(CCCC)=C(c3cc(CCCCCC)c(N(C)CC)c(CCCCCC)c3)[N+]2=[N-])cc(CCCCCC)c1N(C)CC. The predicted molar refractivity (Wildman–Crippen MR) is 259 cm³/mol. The van der Waals surface area contributed by atoms with Crippen molar-refractivity contribution in [1.29, 1.82) is 0 Å². The molecular formula is C54H90N4. The van der Waals surface area contributed by atoms with Crippen LogP contribution in [0.25, 0.3) is 16.9 Å². The van der Waals surface area contributed by atoms with Crippen molar-refractivity contribution >= 4 is 22.8 Å². The number of anilines is 2. The first-order chi connectivity index (χ1) is 28.3. The molecule has 0 saturated carbocycles. The molecule has 0 radical (unpaired) electrons. The summed E-state index contributed by atoms with van der Waals surface area (Å²) in [6.45, 7) is 20.5. The lowest BCUT2D eigenvalue weighted by atomic mass is 9.88. The van der Waals surface area contributed by atoms with Gasteiger partial charge in [0.1, 0.15) is 0 Å².